The van der Waals surface area contributed by atoms with Gasteiger partial charge in [0.1, 0.15) is 5.82 Å². The minimum absolute atomic E-state index is 0.366. The van der Waals surface area contributed by atoms with Gasteiger partial charge in [0.15, 0.2) is 0 Å². The molecule has 0 saturated heterocycles. The van der Waals surface area contributed by atoms with Crippen molar-refractivity contribution in [2.75, 3.05) is 20.1 Å². The SMILES string of the molecule is Cc1ncc2c(n1)C(CN)CN(C)C2. The summed E-state index contributed by atoms with van der Waals surface area (Å²) in [5, 5.41) is 0. The van der Waals surface area contributed by atoms with Gasteiger partial charge in [0.05, 0.1) is 5.69 Å². The molecule has 0 aliphatic carbocycles. The van der Waals surface area contributed by atoms with E-state index in [1.54, 1.807) is 0 Å². The number of aromatic nitrogens is 2. The van der Waals surface area contributed by atoms with Gasteiger partial charge in [0.2, 0.25) is 0 Å². The lowest BCUT2D eigenvalue weighted by atomic mass is 9.96. The molecule has 4 heteroatoms. The summed E-state index contributed by atoms with van der Waals surface area (Å²) in [7, 11) is 2.10. The summed E-state index contributed by atoms with van der Waals surface area (Å²) < 4.78 is 0. The maximum atomic E-state index is 5.74. The molecule has 1 atom stereocenters. The van der Waals surface area contributed by atoms with Crippen LogP contribution >= 0.6 is 0 Å². The summed E-state index contributed by atoms with van der Waals surface area (Å²) in [4.78, 5) is 11.0. The molecule has 0 bridgehead atoms. The highest BCUT2D eigenvalue weighted by Gasteiger charge is 2.23. The second-order valence-electron chi connectivity index (χ2n) is 3.96. The van der Waals surface area contributed by atoms with E-state index in [9.17, 15) is 0 Å². The fourth-order valence-electron chi connectivity index (χ4n) is 1.99. The van der Waals surface area contributed by atoms with Crippen LogP contribution in [-0.2, 0) is 6.54 Å². The van der Waals surface area contributed by atoms with Gasteiger partial charge in [-0.3, -0.25) is 0 Å². The van der Waals surface area contributed by atoms with Crippen molar-refractivity contribution in [3.8, 4) is 0 Å². The van der Waals surface area contributed by atoms with E-state index >= 15 is 0 Å². The van der Waals surface area contributed by atoms with E-state index in [4.69, 9.17) is 5.73 Å². The summed E-state index contributed by atoms with van der Waals surface area (Å²) in [5.41, 5.74) is 8.12. The number of aryl methyl sites for hydroxylation is 1. The zero-order valence-corrected chi connectivity index (χ0v) is 8.70. The van der Waals surface area contributed by atoms with Gasteiger partial charge in [0.25, 0.3) is 0 Å². The van der Waals surface area contributed by atoms with Gasteiger partial charge in [-0.2, -0.15) is 0 Å². The van der Waals surface area contributed by atoms with Gasteiger partial charge in [-0.15, -0.1) is 0 Å². The first kappa shape index (κ1) is 9.55. The minimum Gasteiger partial charge on any atom is -0.330 e. The van der Waals surface area contributed by atoms with Crippen LogP contribution in [-0.4, -0.2) is 35.0 Å². The molecule has 1 unspecified atom stereocenters. The van der Waals surface area contributed by atoms with E-state index in [1.165, 1.54) is 5.56 Å². The van der Waals surface area contributed by atoms with Gasteiger partial charge in [-0.1, -0.05) is 0 Å². The van der Waals surface area contributed by atoms with Crippen molar-refractivity contribution in [3.63, 3.8) is 0 Å². The van der Waals surface area contributed by atoms with Crippen molar-refractivity contribution in [2.24, 2.45) is 5.73 Å². The lowest BCUT2D eigenvalue weighted by Gasteiger charge is -2.30. The Morgan fingerprint density at radius 2 is 2.43 bits per heavy atom. The van der Waals surface area contributed by atoms with E-state index in [0.29, 0.717) is 12.5 Å². The van der Waals surface area contributed by atoms with Crippen molar-refractivity contribution >= 4 is 0 Å². The van der Waals surface area contributed by atoms with Gasteiger partial charge in [0, 0.05) is 37.3 Å². The molecule has 0 fully saturated rings. The summed E-state index contributed by atoms with van der Waals surface area (Å²) in [6.45, 7) is 4.52. The average Bonchev–Trinajstić information content (AvgIpc) is 2.17. The molecule has 1 aromatic heterocycles. The number of hydrogen-bond acceptors (Lipinski definition) is 4. The van der Waals surface area contributed by atoms with Gasteiger partial charge in [-0.25, -0.2) is 9.97 Å². The highest BCUT2D eigenvalue weighted by Crippen LogP contribution is 2.24. The molecule has 0 aromatic carbocycles. The van der Waals surface area contributed by atoms with Crippen LogP contribution in [0.3, 0.4) is 0 Å². The molecule has 1 aromatic rings. The Balaban J connectivity index is 2.41. The second kappa shape index (κ2) is 3.63. The van der Waals surface area contributed by atoms with Crippen LogP contribution in [0.2, 0.25) is 0 Å². The summed E-state index contributed by atoms with van der Waals surface area (Å²) in [5.74, 6) is 1.21. The predicted molar refractivity (Wildman–Crippen MR) is 54.9 cm³/mol. The van der Waals surface area contributed by atoms with E-state index in [1.807, 2.05) is 13.1 Å². The molecule has 0 amide bonds. The molecule has 4 nitrogen and oxygen atoms in total. The van der Waals surface area contributed by atoms with Gasteiger partial charge >= 0.3 is 0 Å². The molecule has 2 heterocycles. The monoisotopic (exact) mass is 192 g/mol. The molecule has 14 heavy (non-hydrogen) atoms. The van der Waals surface area contributed by atoms with Crippen LogP contribution in [0.4, 0.5) is 0 Å². The molecular formula is C10H16N4. The van der Waals surface area contributed by atoms with E-state index in [0.717, 1.165) is 24.6 Å². The van der Waals surface area contributed by atoms with Crippen LogP contribution in [0, 0.1) is 6.92 Å². The topological polar surface area (TPSA) is 55.0 Å². The smallest absolute Gasteiger partial charge is 0.125 e. The Hall–Kier alpha value is -1.00. The summed E-state index contributed by atoms with van der Waals surface area (Å²) in [6, 6.07) is 0. The van der Waals surface area contributed by atoms with E-state index in [2.05, 4.69) is 21.9 Å². The minimum atomic E-state index is 0.366. The van der Waals surface area contributed by atoms with Gasteiger partial charge in [-0.05, 0) is 14.0 Å². The number of nitrogens with zero attached hydrogens (tertiary/aromatic N) is 3. The first-order valence-electron chi connectivity index (χ1n) is 4.91. The zero-order valence-electron chi connectivity index (χ0n) is 8.70. The largest absolute Gasteiger partial charge is 0.330 e. The highest BCUT2D eigenvalue weighted by molar-refractivity contribution is 5.24. The van der Waals surface area contributed by atoms with Crippen molar-refractivity contribution in [1.82, 2.24) is 14.9 Å². The van der Waals surface area contributed by atoms with Crippen molar-refractivity contribution < 1.29 is 0 Å². The first-order chi connectivity index (χ1) is 6.70. The van der Waals surface area contributed by atoms with Crippen LogP contribution < -0.4 is 5.73 Å². The molecule has 76 valence electrons. The molecule has 2 rings (SSSR count). The van der Waals surface area contributed by atoms with Crippen LogP contribution in [0.1, 0.15) is 23.0 Å². The Morgan fingerprint density at radius 1 is 1.64 bits per heavy atom. The van der Waals surface area contributed by atoms with Crippen LogP contribution in [0.5, 0.6) is 0 Å². The maximum absolute atomic E-state index is 5.74. The zero-order chi connectivity index (χ0) is 10.1. The Kier molecular flexibility index (Phi) is 2.48. The van der Waals surface area contributed by atoms with Crippen LogP contribution in [0.25, 0.3) is 0 Å². The second-order valence-corrected chi connectivity index (χ2v) is 3.96. The van der Waals surface area contributed by atoms with Crippen molar-refractivity contribution in [3.05, 3.63) is 23.3 Å². The van der Waals surface area contributed by atoms with Crippen molar-refractivity contribution in [2.45, 2.75) is 19.4 Å². The number of nitrogens with two attached hydrogens (primary N) is 1. The molecule has 0 radical (unpaired) electrons. The number of hydrogen-bond donors (Lipinski definition) is 1. The molecule has 2 N–H and O–H groups in total. The lowest BCUT2D eigenvalue weighted by molar-refractivity contribution is 0.278. The highest BCUT2D eigenvalue weighted by atomic mass is 15.1. The molecular weight excluding hydrogens is 176 g/mol. The quantitative estimate of drug-likeness (QED) is 0.694. The fourth-order valence-corrected chi connectivity index (χ4v) is 1.99. The van der Waals surface area contributed by atoms with E-state index < -0.39 is 0 Å². The van der Waals surface area contributed by atoms with Crippen molar-refractivity contribution in [1.29, 1.82) is 0 Å². The maximum Gasteiger partial charge on any atom is 0.125 e. The van der Waals surface area contributed by atoms with E-state index in [-0.39, 0.29) is 0 Å². The molecule has 0 spiro atoms. The Bertz CT molecular complexity index is 337. The normalized spacial score (nSPS) is 22.1. The predicted octanol–water partition coefficient (Wildman–Crippen LogP) is 0.273. The fraction of sp³-hybridized carbons (Fsp3) is 0.600. The average molecular weight is 192 g/mol. The molecule has 0 saturated carbocycles. The Labute approximate surface area is 84.2 Å². The standard InChI is InChI=1S/C10H16N4/c1-7-12-4-9-6-14(2)5-8(3-11)10(9)13-7/h4,8H,3,5-6,11H2,1-2H3. The lowest BCUT2D eigenvalue weighted by Crippen LogP contribution is -2.35. The first-order valence-corrected chi connectivity index (χ1v) is 4.91. The summed E-state index contributed by atoms with van der Waals surface area (Å²) in [6.07, 6.45) is 1.93. The molecule has 1 aliphatic heterocycles. The third kappa shape index (κ3) is 1.63. The molecule has 1 aliphatic rings. The third-order valence-electron chi connectivity index (χ3n) is 2.66. The number of likely N-dealkylation sites (N-methyl/N-ethyl adjacent to an activating group) is 1. The third-order valence-corrected chi connectivity index (χ3v) is 2.66. The Morgan fingerprint density at radius 3 is 3.14 bits per heavy atom. The number of rotatable bonds is 1. The van der Waals surface area contributed by atoms with Crippen LogP contribution in [0.15, 0.2) is 6.20 Å². The number of fused-ring (bicyclic) bond motifs is 1. The van der Waals surface area contributed by atoms with Gasteiger partial charge < -0.3 is 10.6 Å². The summed E-state index contributed by atoms with van der Waals surface area (Å²) >= 11 is 0.